The summed E-state index contributed by atoms with van der Waals surface area (Å²) in [6.07, 6.45) is 1.30. The van der Waals surface area contributed by atoms with Crippen LogP contribution in [0.2, 0.25) is 0 Å². The Morgan fingerprint density at radius 3 is 2.63 bits per heavy atom. The number of rotatable bonds is 6. The number of anilines is 1. The van der Waals surface area contributed by atoms with E-state index in [1.807, 2.05) is 6.07 Å². The molecule has 10 heteroatoms. The minimum atomic E-state index is -1.00. The maximum atomic E-state index is 12.3. The summed E-state index contributed by atoms with van der Waals surface area (Å²) >= 11 is 0. The zero-order valence-electron chi connectivity index (χ0n) is 15.7. The van der Waals surface area contributed by atoms with Crippen LogP contribution in [-0.2, 0) is 9.53 Å². The SMILES string of the molecule is Cc1cccc(C(=O)OCC(=O)Nc2c(C#N)cnn2-c2ccccc2)c1[N+](=O)[O-]. The number of aromatic nitrogens is 2. The molecule has 0 fully saturated rings. The molecule has 0 atom stereocenters. The standard InChI is InChI=1S/C20H15N5O5/c1-13-6-5-9-16(18(13)25(28)29)20(27)30-12-17(26)23-19-14(10-21)11-22-24(19)15-7-3-2-4-8-15/h2-9,11H,12H2,1H3,(H,23,26). The second kappa shape index (κ2) is 8.66. The van der Waals surface area contributed by atoms with E-state index in [4.69, 9.17) is 4.74 Å². The summed E-state index contributed by atoms with van der Waals surface area (Å²) in [5.41, 5.74) is 0.399. The fourth-order valence-electron chi connectivity index (χ4n) is 2.76. The summed E-state index contributed by atoms with van der Waals surface area (Å²) in [4.78, 5) is 35.1. The lowest BCUT2D eigenvalue weighted by atomic mass is 10.1. The Morgan fingerprint density at radius 1 is 1.23 bits per heavy atom. The van der Waals surface area contributed by atoms with Crippen molar-refractivity contribution in [2.24, 2.45) is 0 Å². The number of ether oxygens (including phenoxy) is 1. The van der Waals surface area contributed by atoms with Crippen LogP contribution in [-0.4, -0.2) is 33.2 Å². The number of esters is 1. The van der Waals surface area contributed by atoms with Crippen molar-refractivity contribution in [3.05, 3.63) is 81.5 Å². The third-order valence-electron chi connectivity index (χ3n) is 4.12. The third kappa shape index (κ3) is 4.15. The number of amides is 1. The lowest BCUT2D eigenvalue weighted by molar-refractivity contribution is -0.385. The van der Waals surface area contributed by atoms with E-state index >= 15 is 0 Å². The van der Waals surface area contributed by atoms with Gasteiger partial charge in [0.25, 0.3) is 11.6 Å². The number of nitrogens with zero attached hydrogens (tertiary/aromatic N) is 4. The first-order valence-corrected chi connectivity index (χ1v) is 8.67. The second-order valence-corrected chi connectivity index (χ2v) is 6.12. The van der Waals surface area contributed by atoms with Crippen LogP contribution < -0.4 is 5.32 Å². The summed E-state index contributed by atoms with van der Waals surface area (Å²) < 4.78 is 6.30. The summed E-state index contributed by atoms with van der Waals surface area (Å²) in [6.45, 7) is 0.796. The molecule has 3 aromatic rings. The number of nitrogens with one attached hydrogen (secondary N) is 1. The van der Waals surface area contributed by atoms with Gasteiger partial charge in [-0.25, -0.2) is 9.48 Å². The summed E-state index contributed by atoms with van der Waals surface area (Å²) in [5, 5.41) is 27.1. The van der Waals surface area contributed by atoms with E-state index in [1.54, 1.807) is 30.3 Å². The van der Waals surface area contributed by atoms with Crippen molar-refractivity contribution in [3.63, 3.8) is 0 Å². The Balaban J connectivity index is 1.75. The number of carbonyl (C=O) groups is 2. The normalized spacial score (nSPS) is 10.1. The van der Waals surface area contributed by atoms with Gasteiger partial charge in [-0.05, 0) is 25.1 Å². The summed E-state index contributed by atoms with van der Waals surface area (Å²) in [5.74, 6) is -1.61. The van der Waals surface area contributed by atoms with E-state index in [2.05, 4.69) is 10.4 Å². The molecule has 0 unspecified atom stereocenters. The summed E-state index contributed by atoms with van der Waals surface area (Å²) in [6, 6.07) is 15.0. The molecule has 0 saturated carbocycles. The molecule has 1 N–H and O–H groups in total. The Bertz CT molecular complexity index is 1160. The van der Waals surface area contributed by atoms with Crippen molar-refractivity contribution in [3.8, 4) is 11.8 Å². The molecule has 1 amide bonds. The topological polar surface area (TPSA) is 140 Å². The highest BCUT2D eigenvalue weighted by atomic mass is 16.6. The number of nitro benzene ring substituents is 1. The third-order valence-corrected chi connectivity index (χ3v) is 4.12. The van der Waals surface area contributed by atoms with E-state index < -0.39 is 23.4 Å². The monoisotopic (exact) mass is 405 g/mol. The first-order chi connectivity index (χ1) is 14.4. The minimum Gasteiger partial charge on any atom is -0.452 e. The van der Waals surface area contributed by atoms with Gasteiger partial charge in [0.15, 0.2) is 12.4 Å². The highest BCUT2D eigenvalue weighted by molar-refractivity contribution is 5.98. The van der Waals surface area contributed by atoms with Crippen molar-refractivity contribution in [1.29, 1.82) is 5.26 Å². The van der Waals surface area contributed by atoms with Crippen LogP contribution in [0, 0.1) is 28.4 Å². The molecule has 10 nitrogen and oxygen atoms in total. The van der Waals surface area contributed by atoms with Crippen LogP contribution >= 0.6 is 0 Å². The van der Waals surface area contributed by atoms with Crippen LogP contribution in [0.25, 0.3) is 5.69 Å². The molecule has 1 heterocycles. The molecule has 30 heavy (non-hydrogen) atoms. The van der Waals surface area contributed by atoms with E-state index in [0.29, 0.717) is 11.3 Å². The van der Waals surface area contributed by atoms with E-state index in [-0.39, 0.29) is 22.6 Å². The lowest BCUT2D eigenvalue weighted by Crippen LogP contribution is -2.23. The Kier molecular flexibility index (Phi) is 5.84. The second-order valence-electron chi connectivity index (χ2n) is 6.12. The molecule has 0 aliphatic heterocycles. The number of hydrogen-bond donors (Lipinski definition) is 1. The van der Waals surface area contributed by atoms with Gasteiger partial charge in [-0.1, -0.05) is 30.3 Å². The van der Waals surface area contributed by atoms with Gasteiger partial charge < -0.3 is 10.1 Å². The van der Waals surface area contributed by atoms with Crippen molar-refractivity contribution < 1.29 is 19.2 Å². The molecule has 0 aliphatic carbocycles. The average molecular weight is 405 g/mol. The summed E-state index contributed by atoms with van der Waals surface area (Å²) in [7, 11) is 0. The van der Waals surface area contributed by atoms with Crippen LogP contribution in [0.1, 0.15) is 21.5 Å². The Labute approximate surface area is 170 Å². The largest absolute Gasteiger partial charge is 0.452 e. The molecule has 0 aliphatic rings. The highest BCUT2D eigenvalue weighted by Crippen LogP contribution is 2.24. The predicted octanol–water partition coefficient (Wildman–Crippen LogP) is 2.76. The molecule has 3 rings (SSSR count). The van der Waals surface area contributed by atoms with Crippen LogP contribution in [0.5, 0.6) is 0 Å². The number of para-hydroxylation sites is 2. The number of aryl methyl sites for hydroxylation is 1. The van der Waals surface area contributed by atoms with Crippen molar-refractivity contribution >= 4 is 23.4 Å². The molecule has 0 bridgehead atoms. The number of nitro groups is 1. The van der Waals surface area contributed by atoms with Gasteiger partial charge in [0.05, 0.1) is 16.8 Å². The van der Waals surface area contributed by atoms with Gasteiger partial charge >= 0.3 is 5.97 Å². The van der Waals surface area contributed by atoms with Gasteiger partial charge in [0.2, 0.25) is 0 Å². The molecule has 0 radical (unpaired) electrons. The number of hydrogen-bond acceptors (Lipinski definition) is 7. The predicted molar refractivity (Wildman–Crippen MR) is 105 cm³/mol. The van der Waals surface area contributed by atoms with Crippen LogP contribution in [0.15, 0.2) is 54.7 Å². The van der Waals surface area contributed by atoms with Crippen LogP contribution in [0.4, 0.5) is 11.5 Å². The van der Waals surface area contributed by atoms with E-state index in [1.165, 1.54) is 36.0 Å². The Hall–Kier alpha value is -4.52. The van der Waals surface area contributed by atoms with Gasteiger partial charge in [-0.2, -0.15) is 10.4 Å². The fourth-order valence-corrected chi connectivity index (χ4v) is 2.76. The van der Waals surface area contributed by atoms with E-state index in [0.717, 1.165) is 0 Å². The number of benzene rings is 2. The molecule has 0 saturated heterocycles. The maximum Gasteiger partial charge on any atom is 0.345 e. The molecule has 2 aromatic carbocycles. The Morgan fingerprint density at radius 2 is 1.97 bits per heavy atom. The fraction of sp³-hybridized carbons (Fsp3) is 0.100. The van der Waals surface area contributed by atoms with Gasteiger partial charge in [0.1, 0.15) is 17.2 Å². The zero-order valence-corrected chi connectivity index (χ0v) is 15.7. The van der Waals surface area contributed by atoms with E-state index in [9.17, 15) is 25.0 Å². The minimum absolute atomic E-state index is 0.117. The maximum absolute atomic E-state index is 12.3. The highest BCUT2D eigenvalue weighted by Gasteiger charge is 2.24. The van der Waals surface area contributed by atoms with Gasteiger partial charge in [-0.3, -0.25) is 14.9 Å². The smallest absolute Gasteiger partial charge is 0.345 e. The lowest BCUT2D eigenvalue weighted by Gasteiger charge is -2.10. The number of nitriles is 1. The van der Waals surface area contributed by atoms with Gasteiger partial charge in [0, 0.05) is 5.56 Å². The van der Waals surface area contributed by atoms with Gasteiger partial charge in [-0.15, -0.1) is 0 Å². The molecular weight excluding hydrogens is 390 g/mol. The van der Waals surface area contributed by atoms with Crippen molar-refractivity contribution in [2.45, 2.75) is 6.92 Å². The first-order valence-electron chi connectivity index (χ1n) is 8.67. The average Bonchev–Trinajstić information content (AvgIpc) is 3.14. The van der Waals surface area contributed by atoms with Crippen LogP contribution in [0.3, 0.4) is 0 Å². The molecular formula is C20H15N5O5. The van der Waals surface area contributed by atoms with Crippen molar-refractivity contribution in [2.75, 3.05) is 11.9 Å². The van der Waals surface area contributed by atoms with Crippen molar-refractivity contribution in [1.82, 2.24) is 9.78 Å². The molecule has 0 spiro atoms. The quantitative estimate of drug-likeness (QED) is 0.378. The number of carbonyl (C=O) groups excluding carboxylic acids is 2. The molecule has 1 aromatic heterocycles. The molecule has 150 valence electrons. The zero-order chi connectivity index (χ0) is 21.7. The first kappa shape index (κ1) is 20.2.